The minimum Gasteiger partial charge on any atom is -0.368 e. The van der Waals surface area contributed by atoms with Gasteiger partial charge in [-0.2, -0.15) is 0 Å². The monoisotopic (exact) mass is 297 g/mol. The van der Waals surface area contributed by atoms with Gasteiger partial charge in [0.05, 0.1) is 11.1 Å². The number of carbonyl (C=O) groups excluding carboxylic acids is 2. The Kier molecular flexibility index (Phi) is 4.88. The van der Waals surface area contributed by atoms with E-state index in [4.69, 9.17) is 5.73 Å². The van der Waals surface area contributed by atoms with Gasteiger partial charge in [0.25, 0.3) is 5.91 Å². The number of carbonyl (C=O) groups is 2. The number of allylic oxidation sites excluding steroid dienone is 1. The zero-order valence-electron chi connectivity index (χ0n) is 12.7. The largest absolute Gasteiger partial charge is 0.368 e. The van der Waals surface area contributed by atoms with Gasteiger partial charge in [0, 0.05) is 11.6 Å². The van der Waals surface area contributed by atoms with Crippen molar-refractivity contribution in [1.29, 1.82) is 0 Å². The molecule has 0 spiro atoms. The number of pyridine rings is 1. The van der Waals surface area contributed by atoms with Gasteiger partial charge >= 0.3 is 0 Å². The molecule has 3 N–H and O–H groups in total. The Morgan fingerprint density at radius 3 is 2.68 bits per heavy atom. The molecule has 114 valence electrons. The van der Waals surface area contributed by atoms with Crippen molar-refractivity contribution in [2.75, 3.05) is 0 Å². The summed E-state index contributed by atoms with van der Waals surface area (Å²) < 4.78 is 0. The van der Waals surface area contributed by atoms with Gasteiger partial charge in [0.2, 0.25) is 5.91 Å². The number of rotatable bonds is 5. The molecule has 0 bridgehead atoms. The highest BCUT2D eigenvalue weighted by Gasteiger charge is 2.19. The minimum atomic E-state index is -0.727. The van der Waals surface area contributed by atoms with Gasteiger partial charge in [0.15, 0.2) is 0 Å². The lowest BCUT2D eigenvalue weighted by atomic mass is 10.1. The van der Waals surface area contributed by atoms with Crippen molar-refractivity contribution in [1.82, 2.24) is 10.3 Å². The first-order valence-electron chi connectivity index (χ1n) is 7.06. The number of amides is 2. The van der Waals surface area contributed by atoms with Crippen molar-refractivity contribution >= 4 is 22.7 Å². The highest BCUT2D eigenvalue weighted by Crippen LogP contribution is 2.16. The molecule has 0 fully saturated rings. The Morgan fingerprint density at radius 1 is 1.27 bits per heavy atom. The van der Waals surface area contributed by atoms with E-state index in [0.29, 0.717) is 12.0 Å². The zero-order valence-corrected chi connectivity index (χ0v) is 12.7. The van der Waals surface area contributed by atoms with Crippen molar-refractivity contribution in [2.45, 2.75) is 26.3 Å². The molecule has 1 atom stereocenters. The number of nitrogens with zero attached hydrogens (tertiary/aromatic N) is 1. The summed E-state index contributed by atoms with van der Waals surface area (Å²) in [4.78, 5) is 28.2. The lowest BCUT2D eigenvalue weighted by Gasteiger charge is -2.15. The van der Waals surface area contributed by atoms with E-state index in [1.54, 1.807) is 12.3 Å². The molecule has 0 aliphatic heterocycles. The standard InChI is InChI=1S/C17H19N3O2/c1-11(2)7-8-15(16(18)21)20-17(22)13-9-10-19-14-6-4-3-5-12(13)14/h3-7,9-10,15H,8H2,1-2H3,(H2,18,21)(H,20,22)/t15-/m1/s1. The number of aromatic nitrogens is 1. The maximum absolute atomic E-state index is 12.5. The molecule has 5 heteroatoms. The molecule has 1 aromatic carbocycles. The first-order valence-corrected chi connectivity index (χ1v) is 7.06. The Hall–Kier alpha value is -2.69. The third-order valence-electron chi connectivity index (χ3n) is 3.30. The number of nitrogens with one attached hydrogen (secondary N) is 1. The van der Waals surface area contributed by atoms with Gasteiger partial charge in [-0.3, -0.25) is 14.6 Å². The molecule has 22 heavy (non-hydrogen) atoms. The Bertz CT molecular complexity index is 728. The van der Waals surface area contributed by atoms with Gasteiger partial charge in [-0.25, -0.2) is 0 Å². The number of benzene rings is 1. The third kappa shape index (κ3) is 3.69. The first-order chi connectivity index (χ1) is 10.5. The summed E-state index contributed by atoms with van der Waals surface area (Å²) in [5.41, 5.74) is 7.64. The molecule has 0 unspecified atom stereocenters. The van der Waals surface area contributed by atoms with Crippen molar-refractivity contribution in [3.8, 4) is 0 Å². The maximum Gasteiger partial charge on any atom is 0.252 e. The summed E-state index contributed by atoms with van der Waals surface area (Å²) in [6.07, 6.45) is 3.83. The number of hydrogen-bond acceptors (Lipinski definition) is 3. The second-order valence-electron chi connectivity index (χ2n) is 5.32. The van der Waals surface area contributed by atoms with Crippen LogP contribution in [0.2, 0.25) is 0 Å². The Morgan fingerprint density at radius 2 is 2.00 bits per heavy atom. The molecule has 2 aromatic rings. The zero-order chi connectivity index (χ0) is 16.1. The van der Waals surface area contributed by atoms with Crippen LogP contribution in [-0.4, -0.2) is 22.8 Å². The molecule has 2 rings (SSSR count). The van der Waals surface area contributed by atoms with Crippen LogP contribution in [0.25, 0.3) is 10.9 Å². The van der Waals surface area contributed by atoms with Gasteiger partial charge < -0.3 is 11.1 Å². The number of primary amides is 1. The lowest BCUT2D eigenvalue weighted by molar-refractivity contribution is -0.119. The van der Waals surface area contributed by atoms with E-state index in [1.807, 2.05) is 44.2 Å². The Labute approximate surface area is 129 Å². The van der Waals surface area contributed by atoms with Crippen LogP contribution in [0.15, 0.2) is 48.2 Å². The second-order valence-corrected chi connectivity index (χ2v) is 5.32. The predicted octanol–water partition coefficient (Wildman–Crippen LogP) is 2.17. The molecule has 1 heterocycles. The van der Waals surface area contributed by atoms with E-state index >= 15 is 0 Å². The van der Waals surface area contributed by atoms with E-state index in [9.17, 15) is 9.59 Å². The maximum atomic E-state index is 12.5. The molecular formula is C17H19N3O2. The van der Waals surface area contributed by atoms with E-state index < -0.39 is 11.9 Å². The van der Waals surface area contributed by atoms with Crippen molar-refractivity contribution < 1.29 is 9.59 Å². The summed E-state index contributed by atoms with van der Waals surface area (Å²) in [6.45, 7) is 3.85. The van der Waals surface area contributed by atoms with Crippen LogP contribution in [0.5, 0.6) is 0 Å². The summed E-state index contributed by atoms with van der Waals surface area (Å²) in [5.74, 6) is -0.881. The van der Waals surface area contributed by atoms with E-state index in [0.717, 1.165) is 16.5 Å². The fourth-order valence-electron chi connectivity index (χ4n) is 2.13. The summed E-state index contributed by atoms with van der Waals surface area (Å²) in [6, 6.07) is 8.27. The fraction of sp³-hybridized carbons (Fsp3) is 0.235. The summed E-state index contributed by atoms with van der Waals surface area (Å²) in [7, 11) is 0. The van der Waals surface area contributed by atoms with Crippen LogP contribution in [0, 0.1) is 0 Å². The van der Waals surface area contributed by atoms with E-state index in [2.05, 4.69) is 10.3 Å². The second kappa shape index (κ2) is 6.85. The highest BCUT2D eigenvalue weighted by atomic mass is 16.2. The summed E-state index contributed by atoms with van der Waals surface area (Å²) >= 11 is 0. The van der Waals surface area contributed by atoms with Gasteiger partial charge in [0.1, 0.15) is 6.04 Å². The predicted molar refractivity (Wildman–Crippen MR) is 86.2 cm³/mol. The molecule has 0 aliphatic rings. The molecule has 0 aliphatic carbocycles. The van der Waals surface area contributed by atoms with Crippen LogP contribution in [0.1, 0.15) is 30.6 Å². The lowest BCUT2D eigenvalue weighted by Crippen LogP contribution is -2.44. The molecule has 0 radical (unpaired) electrons. The molecule has 2 amide bonds. The SMILES string of the molecule is CC(C)=CC[C@@H](NC(=O)c1ccnc2ccccc12)C(N)=O. The van der Waals surface area contributed by atoms with Crippen molar-refractivity contribution in [2.24, 2.45) is 5.73 Å². The fourth-order valence-corrected chi connectivity index (χ4v) is 2.13. The highest BCUT2D eigenvalue weighted by molar-refractivity contribution is 6.07. The number of nitrogens with two attached hydrogens (primary N) is 1. The molecular weight excluding hydrogens is 278 g/mol. The normalized spacial score (nSPS) is 11.7. The third-order valence-corrected chi connectivity index (χ3v) is 3.30. The van der Waals surface area contributed by atoms with E-state index in [1.165, 1.54) is 0 Å². The molecule has 5 nitrogen and oxygen atoms in total. The summed E-state index contributed by atoms with van der Waals surface area (Å²) in [5, 5.41) is 3.44. The van der Waals surface area contributed by atoms with Crippen LogP contribution >= 0.6 is 0 Å². The van der Waals surface area contributed by atoms with Crippen LogP contribution < -0.4 is 11.1 Å². The van der Waals surface area contributed by atoms with Crippen LogP contribution in [0.4, 0.5) is 0 Å². The molecule has 0 saturated carbocycles. The number of para-hydroxylation sites is 1. The first kappa shape index (κ1) is 15.7. The molecule has 0 saturated heterocycles. The van der Waals surface area contributed by atoms with E-state index in [-0.39, 0.29) is 5.91 Å². The Balaban J connectivity index is 2.26. The minimum absolute atomic E-state index is 0.329. The average molecular weight is 297 g/mol. The van der Waals surface area contributed by atoms with Crippen molar-refractivity contribution in [3.63, 3.8) is 0 Å². The number of fused-ring (bicyclic) bond motifs is 1. The van der Waals surface area contributed by atoms with Crippen molar-refractivity contribution in [3.05, 3.63) is 53.7 Å². The topological polar surface area (TPSA) is 85.1 Å². The van der Waals surface area contributed by atoms with Gasteiger partial charge in [-0.15, -0.1) is 0 Å². The average Bonchev–Trinajstić information content (AvgIpc) is 2.50. The quantitative estimate of drug-likeness (QED) is 0.829. The smallest absolute Gasteiger partial charge is 0.252 e. The van der Waals surface area contributed by atoms with Gasteiger partial charge in [-0.05, 0) is 32.4 Å². The van der Waals surface area contributed by atoms with Gasteiger partial charge in [-0.1, -0.05) is 29.8 Å². The van der Waals surface area contributed by atoms with Crippen LogP contribution in [-0.2, 0) is 4.79 Å². The molecule has 1 aromatic heterocycles. The number of hydrogen-bond donors (Lipinski definition) is 2. The van der Waals surface area contributed by atoms with Crippen LogP contribution in [0.3, 0.4) is 0 Å².